The summed E-state index contributed by atoms with van der Waals surface area (Å²) in [5, 5.41) is 11.6. The van der Waals surface area contributed by atoms with Gasteiger partial charge in [-0.3, -0.25) is 4.79 Å². The standard InChI is InChI=1S/C6H12Cl2N2O2.ClH/c7-1-3-10(12,4-2-8)5-6(9)11;/h1-5H2,(H2,9,11);1H. The summed E-state index contributed by atoms with van der Waals surface area (Å²) in [7, 11) is 0. The zero-order valence-electron chi connectivity index (χ0n) is 7.04. The zero-order valence-corrected chi connectivity index (χ0v) is 9.37. The largest absolute Gasteiger partial charge is 0.632 e. The third kappa shape index (κ3) is 7.34. The van der Waals surface area contributed by atoms with E-state index in [2.05, 4.69) is 0 Å². The second-order valence-corrected chi connectivity index (χ2v) is 3.26. The summed E-state index contributed by atoms with van der Waals surface area (Å²) in [6.07, 6.45) is 0. The van der Waals surface area contributed by atoms with Gasteiger partial charge in [0.25, 0.3) is 5.91 Å². The Morgan fingerprint density at radius 3 is 1.92 bits per heavy atom. The summed E-state index contributed by atoms with van der Waals surface area (Å²) < 4.78 is -0.720. The lowest BCUT2D eigenvalue weighted by molar-refractivity contribution is -0.867. The van der Waals surface area contributed by atoms with E-state index in [0.29, 0.717) is 0 Å². The number of carbonyl (C=O) groups excluding carboxylic acids is 1. The summed E-state index contributed by atoms with van der Waals surface area (Å²) >= 11 is 10.8. The molecular weight excluding hydrogens is 238 g/mol. The van der Waals surface area contributed by atoms with E-state index in [0.717, 1.165) is 0 Å². The van der Waals surface area contributed by atoms with E-state index in [-0.39, 0.29) is 43.8 Å². The number of hydrogen-bond donors (Lipinski definition) is 1. The molecule has 0 heterocycles. The van der Waals surface area contributed by atoms with Crippen LogP contribution in [-0.2, 0) is 4.79 Å². The molecule has 0 fully saturated rings. The normalized spacial score (nSPS) is 10.7. The Balaban J connectivity index is 0. The fraction of sp³-hybridized carbons (Fsp3) is 0.833. The number of primary amides is 1. The first-order chi connectivity index (χ1) is 5.54. The van der Waals surface area contributed by atoms with Gasteiger partial charge in [0.1, 0.15) is 0 Å². The van der Waals surface area contributed by atoms with Crippen LogP contribution in [-0.4, -0.2) is 41.9 Å². The summed E-state index contributed by atoms with van der Waals surface area (Å²) in [5.41, 5.74) is 4.90. The lowest BCUT2D eigenvalue weighted by atomic mass is 10.4. The number of hydrogen-bond acceptors (Lipinski definition) is 2. The van der Waals surface area contributed by atoms with E-state index in [1.54, 1.807) is 0 Å². The fourth-order valence-corrected chi connectivity index (χ4v) is 1.48. The molecule has 0 aliphatic rings. The van der Waals surface area contributed by atoms with Crippen molar-refractivity contribution >= 4 is 41.5 Å². The van der Waals surface area contributed by atoms with Gasteiger partial charge < -0.3 is 15.6 Å². The zero-order chi connectivity index (χ0) is 9.61. The van der Waals surface area contributed by atoms with Crippen LogP contribution in [0, 0.1) is 5.21 Å². The van der Waals surface area contributed by atoms with Gasteiger partial charge in [0, 0.05) is 0 Å². The SMILES string of the molecule is Cl.NC(=O)C[N+]([O-])(CCCl)CCCl. The van der Waals surface area contributed by atoms with E-state index in [1.807, 2.05) is 0 Å². The Bertz CT molecular complexity index is 151. The molecule has 0 aromatic carbocycles. The number of nitrogens with two attached hydrogens (primary N) is 1. The van der Waals surface area contributed by atoms with Gasteiger partial charge >= 0.3 is 0 Å². The van der Waals surface area contributed by atoms with Crippen LogP contribution in [0.5, 0.6) is 0 Å². The second kappa shape index (κ2) is 7.64. The van der Waals surface area contributed by atoms with Gasteiger partial charge in [-0.2, -0.15) is 0 Å². The van der Waals surface area contributed by atoms with Gasteiger partial charge in [0.2, 0.25) is 0 Å². The van der Waals surface area contributed by atoms with Gasteiger partial charge in [-0.25, -0.2) is 0 Å². The Hall–Kier alpha value is 0.260. The lowest BCUT2D eigenvalue weighted by Crippen LogP contribution is -2.50. The van der Waals surface area contributed by atoms with Crippen molar-refractivity contribution in [2.75, 3.05) is 31.4 Å². The van der Waals surface area contributed by atoms with Crippen molar-refractivity contribution in [1.29, 1.82) is 0 Å². The molecule has 2 N–H and O–H groups in total. The Morgan fingerprint density at radius 2 is 1.69 bits per heavy atom. The molecule has 0 bridgehead atoms. The molecule has 0 aromatic heterocycles. The van der Waals surface area contributed by atoms with Gasteiger partial charge in [0.15, 0.2) is 6.54 Å². The van der Waals surface area contributed by atoms with Gasteiger partial charge in [-0.15, -0.1) is 35.6 Å². The quantitative estimate of drug-likeness (QED) is 0.429. The molecule has 4 nitrogen and oxygen atoms in total. The third-order valence-electron chi connectivity index (χ3n) is 1.43. The van der Waals surface area contributed by atoms with Crippen molar-refractivity contribution in [2.45, 2.75) is 0 Å². The number of hydroxylamine groups is 3. The van der Waals surface area contributed by atoms with Crippen molar-refractivity contribution < 1.29 is 9.44 Å². The topological polar surface area (TPSA) is 66.2 Å². The van der Waals surface area contributed by atoms with Crippen LogP contribution in [0.25, 0.3) is 0 Å². The Morgan fingerprint density at radius 1 is 1.31 bits per heavy atom. The molecule has 0 atom stereocenters. The van der Waals surface area contributed by atoms with Crippen LogP contribution in [0.15, 0.2) is 0 Å². The molecule has 0 aliphatic carbocycles. The maximum Gasteiger partial charge on any atom is 0.272 e. The molecular formula is C6H13Cl3N2O2. The van der Waals surface area contributed by atoms with Gasteiger partial charge in [0.05, 0.1) is 24.8 Å². The number of alkyl halides is 2. The van der Waals surface area contributed by atoms with Crippen molar-refractivity contribution in [1.82, 2.24) is 0 Å². The minimum atomic E-state index is -0.720. The highest BCUT2D eigenvalue weighted by Crippen LogP contribution is 2.04. The molecule has 0 unspecified atom stereocenters. The summed E-state index contributed by atoms with van der Waals surface area (Å²) in [6.45, 7) is 0.0773. The number of carbonyl (C=O) groups is 1. The van der Waals surface area contributed by atoms with Crippen LogP contribution in [0.3, 0.4) is 0 Å². The van der Waals surface area contributed by atoms with Crippen molar-refractivity contribution in [3.8, 4) is 0 Å². The van der Waals surface area contributed by atoms with Gasteiger partial charge in [-0.05, 0) is 0 Å². The van der Waals surface area contributed by atoms with Crippen LogP contribution in [0.4, 0.5) is 0 Å². The molecule has 1 amide bonds. The van der Waals surface area contributed by atoms with Crippen LogP contribution in [0.2, 0.25) is 0 Å². The first kappa shape index (κ1) is 15.7. The van der Waals surface area contributed by atoms with Crippen molar-refractivity contribution in [3.63, 3.8) is 0 Å². The van der Waals surface area contributed by atoms with Gasteiger partial charge in [-0.1, -0.05) is 0 Å². The molecule has 0 radical (unpaired) electrons. The molecule has 0 saturated carbocycles. The maximum absolute atomic E-state index is 11.6. The molecule has 0 spiro atoms. The lowest BCUT2D eigenvalue weighted by Gasteiger charge is -2.40. The number of halogens is 3. The first-order valence-electron chi connectivity index (χ1n) is 3.51. The maximum atomic E-state index is 11.6. The summed E-state index contributed by atoms with van der Waals surface area (Å²) in [5.74, 6) is -0.221. The molecule has 0 saturated heterocycles. The summed E-state index contributed by atoms with van der Waals surface area (Å²) in [6, 6.07) is 0. The molecule has 13 heavy (non-hydrogen) atoms. The highest BCUT2D eigenvalue weighted by molar-refractivity contribution is 6.18. The fourth-order valence-electron chi connectivity index (χ4n) is 0.862. The Kier molecular flexibility index (Phi) is 9.24. The highest BCUT2D eigenvalue weighted by Gasteiger charge is 2.17. The van der Waals surface area contributed by atoms with Crippen LogP contribution < -0.4 is 5.73 Å². The average molecular weight is 252 g/mol. The average Bonchev–Trinajstić information content (AvgIpc) is 1.85. The van der Waals surface area contributed by atoms with Crippen molar-refractivity contribution in [3.05, 3.63) is 5.21 Å². The molecule has 0 aliphatic heterocycles. The van der Waals surface area contributed by atoms with Crippen molar-refractivity contribution in [2.24, 2.45) is 5.73 Å². The van der Waals surface area contributed by atoms with E-state index in [1.165, 1.54) is 0 Å². The van der Waals surface area contributed by atoms with E-state index < -0.39 is 10.6 Å². The third-order valence-corrected chi connectivity index (χ3v) is 1.77. The summed E-state index contributed by atoms with van der Waals surface area (Å²) in [4.78, 5) is 10.5. The molecule has 0 rings (SSSR count). The van der Waals surface area contributed by atoms with Crippen LogP contribution >= 0.6 is 35.6 Å². The predicted molar refractivity (Wildman–Crippen MR) is 56.1 cm³/mol. The molecule has 7 heteroatoms. The van der Waals surface area contributed by atoms with E-state index in [4.69, 9.17) is 28.9 Å². The number of rotatable bonds is 6. The minimum absolute atomic E-state index is 0. The monoisotopic (exact) mass is 250 g/mol. The number of amides is 1. The number of nitrogens with zero attached hydrogens (tertiary/aromatic N) is 1. The second-order valence-electron chi connectivity index (χ2n) is 2.51. The first-order valence-corrected chi connectivity index (χ1v) is 4.58. The minimum Gasteiger partial charge on any atom is -0.632 e. The van der Waals surface area contributed by atoms with Crippen LogP contribution in [0.1, 0.15) is 0 Å². The van der Waals surface area contributed by atoms with E-state index >= 15 is 0 Å². The van der Waals surface area contributed by atoms with E-state index in [9.17, 15) is 10.0 Å². The highest BCUT2D eigenvalue weighted by atomic mass is 35.5. The smallest absolute Gasteiger partial charge is 0.272 e. The Labute approximate surface area is 93.5 Å². The number of quaternary nitrogens is 1. The molecule has 80 valence electrons. The predicted octanol–water partition coefficient (Wildman–Crippen LogP) is 0.686. The molecule has 0 aromatic rings.